The molecular weight excluding hydrogens is 354 g/mol. The van der Waals surface area contributed by atoms with Crippen molar-refractivity contribution in [3.63, 3.8) is 0 Å². The van der Waals surface area contributed by atoms with Gasteiger partial charge >= 0.3 is 0 Å². The number of methoxy groups -OCH3 is 1. The molecule has 1 saturated heterocycles. The number of carbonyl (C=O) groups excluding carboxylic acids is 1. The van der Waals surface area contributed by atoms with Gasteiger partial charge in [0.15, 0.2) is 0 Å². The molecule has 0 spiro atoms. The minimum atomic E-state index is -0.0509. The second kappa shape index (κ2) is 7.84. The number of aromatic nitrogens is 2. The number of ether oxygens (including phenoxy) is 1. The van der Waals surface area contributed by atoms with E-state index in [9.17, 15) is 4.79 Å². The van der Waals surface area contributed by atoms with E-state index in [2.05, 4.69) is 41.3 Å². The Morgan fingerprint density at radius 2 is 1.89 bits per heavy atom. The van der Waals surface area contributed by atoms with Crippen LogP contribution < -0.4 is 4.74 Å². The van der Waals surface area contributed by atoms with E-state index >= 15 is 0 Å². The van der Waals surface area contributed by atoms with E-state index in [1.165, 1.54) is 11.1 Å². The summed E-state index contributed by atoms with van der Waals surface area (Å²) < 4.78 is 10.6. The van der Waals surface area contributed by atoms with Gasteiger partial charge in [-0.25, -0.2) is 0 Å². The first-order valence-corrected chi connectivity index (χ1v) is 9.44. The van der Waals surface area contributed by atoms with Crippen molar-refractivity contribution < 1.29 is 14.1 Å². The molecule has 1 aliphatic heterocycles. The lowest BCUT2D eigenvalue weighted by Crippen LogP contribution is -2.27. The van der Waals surface area contributed by atoms with Crippen LogP contribution in [0.1, 0.15) is 29.4 Å². The van der Waals surface area contributed by atoms with Crippen molar-refractivity contribution in [3.05, 3.63) is 65.5 Å². The lowest BCUT2D eigenvalue weighted by atomic mass is 10.1. The van der Waals surface area contributed by atoms with E-state index in [1.54, 1.807) is 7.11 Å². The van der Waals surface area contributed by atoms with Gasteiger partial charge in [0.2, 0.25) is 17.6 Å². The molecule has 28 heavy (non-hydrogen) atoms. The van der Waals surface area contributed by atoms with Crippen LogP contribution in [0, 0.1) is 6.92 Å². The number of carbonyl (C=O) groups is 1. The maximum absolute atomic E-state index is 12.4. The van der Waals surface area contributed by atoms with E-state index in [4.69, 9.17) is 9.26 Å². The van der Waals surface area contributed by atoms with Crippen molar-refractivity contribution in [2.75, 3.05) is 20.2 Å². The normalized spacial score (nSPS) is 16.6. The Morgan fingerprint density at radius 3 is 2.61 bits per heavy atom. The molecular formula is C22H23N3O3. The molecule has 1 unspecified atom stereocenters. The molecule has 2 aromatic carbocycles. The monoisotopic (exact) mass is 377 g/mol. The number of aryl methyl sites for hydroxylation is 1. The van der Waals surface area contributed by atoms with Gasteiger partial charge in [-0.15, -0.1) is 0 Å². The fourth-order valence-corrected chi connectivity index (χ4v) is 3.43. The molecule has 0 aliphatic carbocycles. The second-order valence-electron chi connectivity index (χ2n) is 7.16. The number of benzene rings is 2. The Labute approximate surface area is 164 Å². The lowest BCUT2D eigenvalue weighted by Gasteiger charge is -2.15. The summed E-state index contributed by atoms with van der Waals surface area (Å²) in [5.74, 6) is 1.92. The Morgan fingerprint density at radius 1 is 1.14 bits per heavy atom. The summed E-state index contributed by atoms with van der Waals surface area (Å²) in [6, 6.07) is 15.9. The Kier molecular flexibility index (Phi) is 5.10. The lowest BCUT2D eigenvalue weighted by molar-refractivity contribution is -0.127. The van der Waals surface area contributed by atoms with Gasteiger partial charge in [0, 0.05) is 25.1 Å². The number of likely N-dealkylation sites (tertiary alicyclic amines) is 1. The fourth-order valence-electron chi connectivity index (χ4n) is 3.43. The highest BCUT2D eigenvalue weighted by molar-refractivity contribution is 5.79. The molecule has 0 bridgehead atoms. The van der Waals surface area contributed by atoms with Gasteiger partial charge in [0.1, 0.15) is 5.75 Å². The van der Waals surface area contributed by atoms with Crippen LogP contribution in [0.5, 0.6) is 5.75 Å². The number of hydrogen-bond acceptors (Lipinski definition) is 5. The smallest absolute Gasteiger partial charge is 0.232 e. The Hall–Kier alpha value is -3.15. The largest absolute Gasteiger partial charge is 0.497 e. The van der Waals surface area contributed by atoms with Crippen molar-refractivity contribution in [3.8, 4) is 17.1 Å². The first-order chi connectivity index (χ1) is 13.6. The predicted octanol–water partition coefficient (Wildman–Crippen LogP) is 3.61. The summed E-state index contributed by atoms with van der Waals surface area (Å²) in [4.78, 5) is 18.8. The van der Waals surface area contributed by atoms with Crippen molar-refractivity contribution in [2.45, 2.75) is 25.7 Å². The first-order valence-electron chi connectivity index (χ1n) is 9.44. The van der Waals surface area contributed by atoms with E-state index in [-0.39, 0.29) is 11.8 Å². The summed E-state index contributed by atoms with van der Waals surface area (Å²) in [6.07, 6.45) is 1.26. The van der Waals surface area contributed by atoms with Crippen LogP contribution in [0.4, 0.5) is 0 Å². The highest BCUT2D eigenvalue weighted by atomic mass is 16.5. The first kappa shape index (κ1) is 18.2. The van der Waals surface area contributed by atoms with Crippen LogP contribution in [0.2, 0.25) is 0 Å². The van der Waals surface area contributed by atoms with E-state index < -0.39 is 0 Å². The third-order valence-corrected chi connectivity index (χ3v) is 5.14. The number of nitrogens with zero attached hydrogens (tertiary/aromatic N) is 3. The molecule has 1 atom stereocenters. The SMILES string of the molecule is COc1ccc(-c2noc(C3CC(=O)N(CCc4ccc(C)cc4)C3)n2)cc1. The van der Waals surface area contributed by atoms with E-state index in [0.29, 0.717) is 31.2 Å². The molecule has 1 amide bonds. The predicted molar refractivity (Wildman–Crippen MR) is 105 cm³/mol. The Bertz CT molecular complexity index is 948. The molecule has 4 rings (SSSR count). The van der Waals surface area contributed by atoms with Gasteiger partial charge in [-0.1, -0.05) is 35.0 Å². The minimum Gasteiger partial charge on any atom is -0.497 e. The van der Waals surface area contributed by atoms with Crippen LogP contribution in [-0.4, -0.2) is 41.1 Å². The van der Waals surface area contributed by atoms with Gasteiger partial charge in [-0.3, -0.25) is 4.79 Å². The third kappa shape index (κ3) is 3.91. The van der Waals surface area contributed by atoms with Crippen molar-refractivity contribution >= 4 is 5.91 Å². The second-order valence-corrected chi connectivity index (χ2v) is 7.16. The summed E-state index contributed by atoms with van der Waals surface area (Å²) >= 11 is 0. The molecule has 2 heterocycles. The number of rotatable bonds is 6. The van der Waals surface area contributed by atoms with Crippen molar-refractivity contribution in [1.82, 2.24) is 15.0 Å². The van der Waals surface area contributed by atoms with Crippen LogP contribution in [0.15, 0.2) is 53.1 Å². The maximum Gasteiger partial charge on any atom is 0.232 e. The van der Waals surface area contributed by atoms with Gasteiger partial charge in [-0.2, -0.15) is 4.98 Å². The maximum atomic E-state index is 12.4. The van der Waals surface area contributed by atoms with Crippen molar-refractivity contribution in [2.24, 2.45) is 0 Å². The van der Waals surface area contributed by atoms with Crippen LogP contribution >= 0.6 is 0 Å². The van der Waals surface area contributed by atoms with E-state index in [0.717, 1.165) is 17.7 Å². The number of amides is 1. The molecule has 0 saturated carbocycles. The molecule has 3 aromatic rings. The van der Waals surface area contributed by atoms with Gasteiger partial charge < -0.3 is 14.2 Å². The molecule has 6 nitrogen and oxygen atoms in total. The topological polar surface area (TPSA) is 68.5 Å². The average molecular weight is 377 g/mol. The summed E-state index contributed by atoms with van der Waals surface area (Å²) in [5.41, 5.74) is 3.34. The van der Waals surface area contributed by atoms with Gasteiger partial charge in [-0.05, 0) is 43.2 Å². The minimum absolute atomic E-state index is 0.0509. The third-order valence-electron chi connectivity index (χ3n) is 5.14. The quantitative estimate of drug-likeness (QED) is 0.656. The molecule has 1 aromatic heterocycles. The van der Waals surface area contributed by atoms with Crippen molar-refractivity contribution in [1.29, 1.82) is 0 Å². The average Bonchev–Trinajstić information content (AvgIpc) is 3.35. The molecule has 0 N–H and O–H groups in total. The standard InChI is InChI=1S/C22H23N3O3/c1-15-3-5-16(6-4-15)11-12-25-14-18(13-20(25)26)22-23-21(24-28-22)17-7-9-19(27-2)10-8-17/h3-10,18H,11-14H2,1-2H3. The molecule has 1 fully saturated rings. The van der Waals surface area contributed by atoms with E-state index in [1.807, 2.05) is 29.2 Å². The van der Waals surface area contributed by atoms with Gasteiger partial charge in [0.05, 0.1) is 13.0 Å². The fraction of sp³-hybridized carbons (Fsp3) is 0.318. The summed E-state index contributed by atoms with van der Waals surface area (Å²) in [7, 11) is 1.63. The summed E-state index contributed by atoms with van der Waals surface area (Å²) in [5, 5.41) is 4.08. The zero-order valence-electron chi connectivity index (χ0n) is 16.1. The van der Waals surface area contributed by atoms with Crippen LogP contribution in [0.3, 0.4) is 0 Å². The Balaban J connectivity index is 1.39. The highest BCUT2D eigenvalue weighted by Gasteiger charge is 2.34. The molecule has 1 aliphatic rings. The number of hydrogen-bond donors (Lipinski definition) is 0. The van der Waals surface area contributed by atoms with Crippen LogP contribution in [0.25, 0.3) is 11.4 Å². The molecule has 144 valence electrons. The van der Waals surface area contributed by atoms with Gasteiger partial charge in [0.25, 0.3) is 0 Å². The molecule has 6 heteroatoms. The summed E-state index contributed by atoms with van der Waals surface area (Å²) in [6.45, 7) is 3.40. The zero-order chi connectivity index (χ0) is 19.5. The highest BCUT2D eigenvalue weighted by Crippen LogP contribution is 2.29. The zero-order valence-corrected chi connectivity index (χ0v) is 16.1. The van der Waals surface area contributed by atoms with Crippen LogP contribution in [-0.2, 0) is 11.2 Å². The molecule has 0 radical (unpaired) electrons.